The van der Waals surface area contributed by atoms with E-state index in [1.165, 1.54) is 0 Å². The van der Waals surface area contributed by atoms with Gasteiger partial charge in [0.05, 0.1) is 6.61 Å². The van der Waals surface area contributed by atoms with Crippen LogP contribution in [-0.4, -0.2) is 36.5 Å². The molecule has 0 aromatic carbocycles. The summed E-state index contributed by atoms with van der Waals surface area (Å²) in [6.07, 6.45) is 4.11. The molecular formula is C11H23NO2. The van der Waals surface area contributed by atoms with Gasteiger partial charge in [0.15, 0.2) is 0 Å². The Labute approximate surface area is 86.8 Å². The quantitative estimate of drug-likeness (QED) is 0.704. The van der Waals surface area contributed by atoms with Crippen LogP contribution >= 0.6 is 0 Å². The third-order valence-electron chi connectivity index (χ3n) is 3.25. The SMILES string of the molecule is CCC(CC)NC1(CO)CCOCC1. The van der Waals surface area contributed by atoms with Gasteiger partial charge in [-0.25, -0.2) is 0 Å². The van der Waals surface area contributed by atoms with E-state index >= 15 is 0 Å². The zero-order chi connectivity index (χ0) is 10.4. The summed E-state index contributed by atoms with van der Waals surface area (Å²) in [6, 6.07) is 0.528. The van der Waals surface area contributed by atoms with E-state index in [0.29, 0.717) is 6.04 Å². The second kappa shape index (κ2) is 5.69. The number of aliphatic hydroxyl groups is 1. The van der Waals surface area contributed by atoms with Crippen LogP contribution in [0.15, 0.2) is 0 Å². The van der Waals surface area contributed by atoms with E-state index in [-0.39, 0.29) is 12.1 Å². The molecule has 0 bridgehead atoms. The van der Waals surface area contributed by atoms with Gasteiger partial charge < -0.3 is 15.2 Å². The van der Waals surface area contributed by atoms with Gasteiger partial charge in [0.2, 0.25) is 0 Å². The molecule has 0 saturated carbocycles. The van der Waals surface area contributed by atoms with Crippen molar-refractivity contribution in [2.24, 2.45) is 0 Å². The Morgan fingerprint density at radius 2 is 1.86 bits per heavy atom. The predicted octanol–water partition coefficient (Wildman–Crippen LogP) is 1.31. The molecule has 0 atom stereocenters. The van der Waals surface area contributed by atoms with E-state index in [1.807, 2.05) is 0 Å². The van der Waals surface area contributed by atoms with Gasteiger partial charge >= 0.3 is 0 Å². The predicted molar refractivity (Wildman–Crippen MR) is 57.4 cm³/mol. The zero-order valence-corrected chi connectivity index (χ0v) is 9.38. The molecule has 2 N–H and O–H groups in total. The molecule has 0 unspecified atom stereocenters. The molecule has 0 aromatic rings. The van der Waals surface area contributed by atoms with Crippen molar-refractivity contribution in [3.05, 3.63) is 0 Å². The molecule has 1 rings (SSSR count). The first-order valence-corrected chi connectivity index (χ1v) is 5.72. The fourth-order valence-corrected chi connectivity index (χ4v) is 2.04. The fraction of sp³-hybridized carbons (Fsp3) is 1.00. The van der Waals surface area contributed by atoms with Crippen LogP contribution < -0.4 is 5.32 Å². The number of rotatable bonds is 5. The summed E-state index contributed by atoms with van der Waals surface area (Å²) >= 11 is 0. The van der Waals surface area contributed by atoms with Crippen LogP contribution in [0.4, 0.5) is 0 Å². The van der Waals surface area contributed by atoms with Crippen LogP contribution in [0, 0.1) is 0 Å². The summed E-state index contributed by atoms with van der Waals surface area (Å²) in [5.74, 6) is 0. The highest BCUT2D eigenvalue weighted by atomic mass is 16.5. The molecule has 0 amide bonds. The third-order valence-corrected chi connectivity index (χ3v) is 3.25. The van der Waals surface area contributed by atoms with Gasteiger partial charge in [-0.2, -0.15) is 0 Å². The first-order valence-electron chi connectivity index (χ1n) is 5.72. The normalized spacial score (nSPS) is 21.4. The standard InChI is InChI=1S/C11H23NO2/c1-3-10(4-2)12-11(9-13)5-7-14-8-6-11/h10,12-13H,3-9H2,1-2H3. The number of ether oxygens (including phenoxy) is 1. The van der Waals surface area contributed by atoms with Crippen molar-refractivity contribution in [1.29, 1.82) is 0 Å². The molecule has 1 saturated heterocycles. The lowest BCUT2D eigenvalue weighted by Gasteiger charge is -2.39. The van der Waals surface area contributed by atoms with E-state index in [0.717, 1.165) is 38.9 Å². The highest BCUT2D eigenvalue weighted by Crippen LogP contribution is 2.21. The molecular weight excluding hydrogens is 178 g/mol. The third kappa shape index (κ3) is 2.94. The van der Waals surface area contributed by atoms with Gasteiger partial charge in [-0.3, -0.25) is 0 Å². The van der Waals surface area contributed by atoms with Crippen molar-refractivity contribution in [3.8, 4) is 0 Å². The monoisotopic (exact) mass is 201 g/mol. The van der Waals surface area contributed by atoms with E-state index in [9.17, 15) is 5.11 Å². The molecule has 84 valence electrons. The molecule has 1 fully saturated rings. The van der Waals surface area contributed by atoms with E-state index in [1.54, 1.807) is 0 Å². The maximum Gasteiger partial charge on any atom is 0.0615 e. The molecule has 0 radical (unpaired) electrons. The van der Waals surface area contributed by atoms with Gasteiger partial charge in [-0.05, 0) is 25.7 Å². The summed E-state index contributed by atoms with van der Waals surface area (Å²) in [5, 5.41) is 13.1. The molecule has 1 aliphatic heterocycles. The van der Waals surface area contributed by atoms with Crippen molar-refractivity contribution in [2.45, 2.75) is 51.1 Å². The Hall–Kier alpha value is -0.120. The summed E-state index contributed by atoms with van der Waals surface area (Å²) < 4.78 is 5.32. The lowest BCUT2D eigenvalue weighted by Crippen LogP contribution is -2.55. The Morgan fingerprint density at radius 3 is 2.29 bits per heavy atom. The van der Waals surface area contributed by atoms with E-state index < -0.39 is 0 Å². The average Bonchev–Trinajstić information content (AvgIpc) is 2.27. The van der Waals surface area contributed by atoms with Crippen molar-refractivity contribution < 1.29 is 9.84 Å². The van der Waals surface area contributed by atoms with Crippen LogP contribution in [0.1, 0.15) is 39.5 Å². The minimum Gasteiger partial charge on any atom is -0.394 e. The highest BCUT2D eigenvalue weighted by molar-refractivity contribution is 4.91. The van der Waals surface area contributed by atoms with Crippen molar-refractivity contribution in [3.63, 3.8) is 0 Å². The fourth-order valence-electron chi connectivity index (χ4n) is 2.04. The van der Waals surface area contributed by atoms with Gasteiger partial charge in [-0.15, -0.1) is 0 Å². The summed E-state index contributed by atoms with van der Waals surface area (Å²) in [4.78, 5) is 0. The van der Waals surface area contributed by atoms with E-state index in [4.69, 9.17) is 4.74 Å². The van der Waals surface area contributed by atoms with Crippen LogP contribution in [0.5, 0.6) is 0 Å². The first-order chi connectivity index (χ1) is 6.76. The van der Waals surface area contributed by atoms with Crippen LogP contribution in [0.3, 0.4) is 0 Å². The van der Waals surface area contributed by atoms with Gasteiger partial charge in [0, 0.05) is 24.8 Å². The second-order valence-corrected chi connectivity index (χ2v) is 4.21. The topological polar surface area (TPSA) is 41.5 Å². The zero-order valence-electron chi connectivity index (χ0n) is 9.38. The Balaban J connectivity index is 2.50. The smallest absolute Gasteiger partial charge is 0.0615 e. The van der Waals surface area contributed by atoms with Gasteiger partial charge in [0.25, 0.3) is 0 Å². The molecule has 0 aromatic heterocycles. The summed E-state index contributed by atoms with van der Waals surface area (Å²) in [7, 11) is 0. The molecule has 3 heteroatoms. The molecule has 3 nitrogen and oxygen atoms in total. The molecule has 1 aliphatic rings. The second-order valence-electron chi connectivity index (χ2n) is 4.21. The molecule has 0 aliphatic carbocycles. The van der Waals surface area contributed by atoms with Gasteiger partial charge in [-0.1, -0.05) is 13.8 Å². The Bertz CT molecular complexity index is 151. The number of nitrogens with one attached hydrogen (secondary N) is 1. The average molecular weight is 201 g/mol. The highest BCUT2D eigenvalue weighted by Gasteiger charge is 2.32. The minimum absolute atomic E-state index is 0.0745. The largest absolute Gasteiger partial charge is 0.394 e. The van der Waals surface area contributed by atoms with Crippen molar-refractivity contribution in [1.82, 2.24) is 5.32 Å². The van der Waals surface area contributed by atoms with Crippen LogP contribution in [0.2, 0.25) is 0 Å². The van der Waals surface area contributed by atoms with E-state index in [2.05, 4.69) is 19.2 Å². The molecule has 1 heterocycles. The molecule has 0 spiro atoms. The summed E-state index contributed by atoms with van der Waals surface area (Å²) in [6.45, 7) is 6.14. The summed E-state index contributed by atoms with van der Waals surface area (Å²) in [5.41, 5.74) is -0.0745. The Morgan fingerprint density at radius 1 is 1.29 bits per heavy atom. The maximum atomic E-state index is 9.46. The van der Waals surface area contributed by atoms with Crippen molar-refractivity contribution in [2.75, 3.05) is 19.8 Å². The Kier molecular flexibility index (Phi) is 4.85. The van der Waals surface area contributed by atoms with Crippen LogP contribution in [0.25, 0.3) is 0 Å². The lowest BCUT2D eigenvalue weighted by molar-refractivity contribution is 0.00611. The molecule has 14 heavy (non-hydrogen) atoms. The van der Waals surface area contributed by atoms with Crippen molar-refractivity contribution >= 4 is 0 Å². The maximum absolute atomic E-state index is 9.46. The van der Waals surface area contributed by atoms with Gasteiger partial charge in [0.1, 0.15) is 0 Å². The number of hydrogen-bond acceptors (Lipinski definition) is 3. The number of aliphatic hydroxyl groups excluding tert-OH is 1. The first kappa shape index (κ1) is 12.0. The number of hydrogen-bond donors (Lipinski definition) is 2. The minimum atomic E-state index is -0.0745. The van der Waals surface area contributed by atoms with Crippen LogP contribution in [-0.2, 0) is 4.74 Å². The lowest BCUT2D eigenvalue weighted by atomic mass is 9.89.